The number of carbonyl (C=O) groups excluding carboxylic acids is 2. The first kappa shape index (κ1) is 19.2. The van der Waals surface area contributed by atoms with Crippen LogP contribution in [0, 0.1) is 11.3 Å². The first-order chi connectivity index (χ1) is 12.4. The lowest BCUT2D eigenvalue weighted by Crippen LogP contribution is -2.45. The monoisotopic (exact) mass is 377 g/mol. The van der Waals surface area contributed by atoms with Crippen LogP contribution in [0.1, 0.15) is 31.2 Å². The molecule has 1 saturated carbocycles. The van der Waals surface area contributed by atoms with Crippen molar-refractivity contribution in [2.24, 2.45) is 17.1 Å². The maximum Gasteiger partial charge on any atom is 0.238 e. The van der Waals surface area contributed by atoms with E-state index in [9.17, 15) is 9.59 Å². The van der Waals surface area contributed by atoms with E-state index in [1.807, 2.05) is 12.1 Å². The normalized spacial score (nSPS) is 19.9. The quantitative estimate of drug-likeness (QED) is 0.741. The standard InChI is InChI=1S/C20H28ClN3O2/c1-23(19(26)20(9-10-20)18(22)25)14-16-7-12-24(13-8-16)11-6-15-2-4-17(21)5-3-15/h2-5,16H,6-14H2,1H3,(H2,22,25). The Kier molecular flexibility index (Phi) is 5.88. The van der Waals surface area contributed by atoms with E-state index >= 15 is 0 Å². The SMILES string of the molecule is CN(CC1CCN(CCc2ccc(Cl)cc2)CC1)C(=O)C1(C(N)=O)CC1. The molecule has 1 aromatic rings. The molecule has 142 valence electrons. The molecule has 0 atom stereocenters. The zero-order valence-electron chi connectivity index (χ0n) is 15.4. The maximum atomic E-state index is 12.5. The largest absolute Gasteiger partial charge is 0.369 e. The molecule has 0 aromatic heterocycles. The Morgan fingerprint density at radius 1 is 1.23 bits per heavy atom. The van der Waals surface area contributed by atoms with E-state index in [1.54, 1.807) is 11.9 Å². The van der Waals surface area contributed by atoms with Crippen LogP contribution in [0.5, 0.6) is 0 Å². The molecular formula is C20H28ClN3O2. The molecule has 3 rings (SSSR count). The molecule has 1 saturated heterocycles. The van der Waals surface area contributed by atoms with Crippen LogP contribution in [0.4, 0.5) is 0 Å². The fraction of sp³-hybridized carbons (Fsp3) is 0.600. The fourth-order valence-electron chi connectivity index (χ4n) is 3.86. The highest BCUT2D eigenvalue weighted by molar-refractivity contribution is 6.30. The Hall–Kier alpha value is -1.59. The number of carbonyl (C=O) groups is 2. The van der Waals surface area contributed by atoms with Crippen molar-refractivity contribution in [1.29, 1.82) is 0 Å². The predicted molar refractivity (Wildman–Crippen MR) is 103 cm³/mol. The molecule has 2 aliphatic rings. The molecule has 1 aliphatic heterocycles. The number of primary amides is 1. The highest BCUT2D eigenvalue weighted by atomic mass is 35.5. The van der Waals surface area contributed by atoms with Gasteiger partial charge in [0.15, 0.2) is 0 Å². The van der Waals surface area contributed by atoms with Crippen molar-refractivity contribution in [3.8, 4) is 0 Å². The van der Waals surface area contributed by atoms with Crippen molar-refractivity contribution < 1.29 is 9.59 Å². The van der Waals surface area contributed by atoms with E-state index in [4.69, 9.17) is 17.3 Å². The minimum atomic E-state index is -0.895. The number of nitrogens with two attached hydrogens (primary N) is 1. The summed E-state index contributed by atoms with van der Waals surface area (Å²) in [6.07, 6.45) is 4.41. The molecule has 1 heterocycles. The van der Waals surface area contributed by atoms with Crippen molar-refractivity contribution >= 4 is 23.4 Å². The highest BCUT2D eigenvalue weighted by Crippen LogP contribution is 2.46. The number of likely N-dealkylation sites (tertiary alicyclic amines) is 1. The minimum absolute atomic E-state index is 0.0878. The Bertz CT molecular complexity index is 650. The summed E-state index contributed by atoms with van der Waals surface area (Å²) in [5.41, 5.74) is 5.83. The third-order valence-electron chi connectivity index (χ3n) is 5.85. The van der Waals surface area contributed by atoms with E-state index < -0.39 is 11.3 Å². The number of halogens is 1. The first-order valence-electron chi connectivity index (χ1n) is 9.43. The van der Waals surface area contributed by atoms with Crippen LogP contribution < -0.4 is 5.73 Å². The van der Waals surface area contributed by atoms with Gasteiger partial charge >= 0.3 is 0 Å². The number of rotatable bonds is 7. The van der Waals surface area contributed by atoms with Gasteiger partial charge in [-0.15, -0.1) is 0 Å². The summed E-state index contributed by atoms with van der Waals surface area (Å²) in [5.74, 6) is -0.0547. The number of benzene rings is 1. The van der Waals surface area contributed by atoms with Gasteiger partial charge in [0.1, 0.15) is 5.41 Å². The number of amides is 2. The molecular weight excluding hydrogens is 350 g/mol. The van der Waals surface area contributed by atoms with Gasteiger partial charge in [-0.1, -0.05) is 23.7 Å². The van der Waals surface area contributed by atoms with Crippen molar-refractivity contribution in [2.45, 2.75) is 32.1 Å². The smallest absolute Gasteiger partial charge is 0.238 e. The fourth-order valence-corrected chi connectivity index (χ4v) is 3.98. The Balaban J connectivity index is 1.40. The lowest BCUT2D eigenvalue weighted by atomic mass is 9.95. The van der Waals surface area contributed by atoms with Crippen LogP contribution in [0.3, 0.4) is 0 Å². The van der Waals surface area contributed by atoms with Gasteiger partial charge in [-0.05, 0) is 68.8 Å². The average molecular weight is 378 g/mol. The molecule has 2 N–H and O–H groups in total. The van der Waals surface area contributed by atoms with Gasteiger partial charge in [0.25, 0.3) is 0 Å². The maximum absolute atomic E-state index is 12.5. The Labute approximate surface area is 160 Å². The van der Waals surface area contributed by atoms with E-state index in [-0.39, 0.29) is 5.91 Å². The number of piperidine rings is 1. The number of nitrogens with zero attached hydrogens (tertiary/aromatic N) is 2. The summed E-state index contributed by atoms with van der Waals surface area (Å²) in [7, 11) is 1.80. The summed E-state index contributed by atoms with van der Waals surface area (Å²) in [6, 6.07) is 8.05. The summed E-state index contributed by atoms with van der Waals surface area (Å²) in [5, 5.41) is 0.776. The molecule has 6 heteroatoms. The second kappa shape index (κ2) is 7.97. The zero-order chi connectivity index (χ0) is 18.7. The van der Waals surface area contributed by atoms with Crippen molar-refractivity contribution in [1.82, 2.24) is 9.80 Å². The van der Waals surface area contributed by atoms with Gasteiger partial charge in [-0.3, -0.25) is 9.59 Å². The Morgan fingerprint density at radius 2 is 1.85 bits per heavy atom. The third-order valence-corrected chi connectivity index (χ3v) is 6.10. The number of hydrogen-bond donors (Lipinski definition) is 1. The molecule has 0 spiro atoms. The first-order valence-corrected chi connectivity index (χ1v) is 9.81. The molecule has 1 aliphatic carbocycles. The summed E-state index contributed by atoms with van der Waals surface area (Å²) >= 11 is 5.93. The lowest BCUT2D eigenvalue weighted by Gasteiger charge is -2.34. The second-order valence-electron chi connectivity index (χ2n) is 7.79. The number of hydrogen-bond acceptors (Lipinski definition) is 3. The highest BCUT2D eigenvalue weighted by Gasteiger charge is 2.56. The Morgan fingerprint density at radius 3 is 2.38 bits per heavy atom. The molecule has 2 amide bonds. The van der Waals surface area contributed by atoms with Crippen LogP contribution in [-0.4, -0.2) is 54.8 Å². The second-order valence-corrected chi connectivity index (χ2v) is 8.23. The molecule has 2 fully saturated rings. The topological polar surface area (TPSA) is 66.6 Å². The van der Waals surface area contributed by atoms with Gasteiger partial charge in [-0.25, -0.2) is 0 Å². The molecule has 5 nitrogen and oxygen atoms in total. The molecule has 1 aromatic carbocycles. The minimum Gasteiger partial charge on any atom is -0.369 e. The van der Waals surface area contributed by atoms with E-state index in [1.165, 1.54) is 5.56 Å². The van der Waals surface area contributed by atoms with Gasteiger partial charge < -0.3 is 15.5 Å². The zero-order valence-corrected chi connectivity index (χ0v) is 16.2. The van der Waals surface area contributed by atoms with E-state index in [2.05, 4.69) is 17.0 Å². The molecule has 0 unspecified atom stereocenters. The summed E-state index contributed by atoms with van der Waals surface area (Å²) < 4.78 is 0. The van der Waals surface area contributed by atoms with Crippen LogP contribution in [-0.2, 0) is 16.0 Å². The van der Waals surface area contributed by atoms with Gasteiger partial charge in [0.05, 0.1) is 0 Å². The average Bonchev–Trinajstić information content (AvgIpc) is 3.44. The van der Waals surface area contributed by atoms with Crippen LogP contribution >= 0.6 is 11.6 Å². The third kappa shape index (κ3) is 4.38. The van der Waals surface area contributed by atoms with Gasteiger partial charge in [0.2, 0.25) is 11.8 Å². The van der Waals surface area contributed by atoms with E-state index in [0.717, 1.165) is 50.5 Å². The predicted octanol–water partition coefficient (Wildman–Crippen LogP) is 2.32. The van der Waals surface area contributed by atoms with E-state index in [0.29, 0.717) is 18.8 Å². The lowest BCUT2D eigenvalue weighted by molar-refractivity contribution is -0.142. The molecule has 0 radical (unpaired) electrons. The summed E-state index contributed by atoms with van der Waals surface area (Å²) in [4.78, 5) is 28.2. The van der Waals surface area contributed by atoms with Crippen molar-refractivity contribution in [3.05, 3.63) is 34.9 Å². The van der Waals surface area contributed by atoms with Crippen molar-refractivity contribution in [3.63, 3.8) is 0 Å². The molecule has 0 bridgehead atoms. The van der Waals surface area contributed by atoms with Gasteiger partial charge in [0, 0.05) is 25.2 Å². The van der Waals surface area contributed by atoms with Crippen LogP contribution in [0.2, 0.25) is 5.02 Å². The van der Waals surface area contributed by atoms with Crippen LogP contribution in [0.15, 0.2) is 24.3 Å². The molecule has 26 heavy (non-hydrogen) atoms. The summed E-state index contributed by atoms with van der Waals surface area (Å²) in [6.45, 7) is 3.88. The van der Waals surface area contributed by atoms with Gasteiger partial charge in [-0.2, -0.15) is 0 Å². The van der Waals surface area contributed by atoms with Crippen LogP contribution in [0.25, 0.3) is 0 Å². The van der Waals surface area contributed by atoms with Crippen molar-refractivity contribution in [2.75, 3.05) is 33.2 Å².